The highest BCUT2D eigenvalue weighted by Gasteiger charge is 2.06. The molecule has 0 atom stereocenters. The summed E-state index contributed by atoms with van der Waals surface area (Å²) >= 11 is 0. The third-order valence-electron chi connectivity index (χ3n) is 2.84. The predicted octanol–water partition coefficient (Wildman–Crippen LogP) is 2.34. The second-order valence-corrected chi connectivity index (χ2v) is 3.97. The molecule has 0 spiro atoms. The van der Waals surface area contributed by atoms with E-state index >= 15 is 0 Å². The van der Waals surface area contributed by atoms with Crippen molar-refractivity contribution in [2.45, 2.75) is 0 Å². The van der Waals surface area contributed by atoms with Crippen LogP contribution in [-0.4, -0.2) is 26.9 Å². The second-order valence-electron chi connectivity index (χ2n) is 3.97. The molecule has 0 N–H and O–H groups in total. The molecule has 3 rings (SSSR count). The summed E-state index contributed by atoms with van der Waals surface area (Å²) < 4.78 is 7.07. The van der Waals surface area contributed by atoms with Crippen LogP contribution in [0.4, 0.5) is 0 Å². The molecular formula is C14H12N4O. The molecule has 0 saturated heterocycles. The third kappa shape index (κ3) is 2.18. The maximum Gasteiger partial charge on any atom is 0.138 e. The van der Waals surface area contributed by atoms with Crippen molar-refractivity contribution in [3.63, 3.8) is 0 Å². The van der Waals surface area contributed by atoms with Gasteiger partial charge in [0.25, 0.3) is 0 Å². The van der Waals surface area contributed by atoms with Crippen LogP contribution < -0.4 is 4.74 Å². The van der Waals surface area contributed by atoms with Crippen LogP contribution in [0.2, 0.25) is 0 Å². The molecule has 0 aliphatic heterocycles. The molecule has 0 bridgehead atoms. The third-order valence-corrected chi connectivity index (χ3v) is 2.84. The summed E-state index contributed by atoms with van der Waals surface area (Å²) in [7, 11) is 1.65. The summed E-state index contributed by atoms with van der Waals surface area (Å²) in [6.07, 6.45) is 6.68. The smallest absolute Gasteiger partial charge is 0.138 e. The summed E-state index contributed by atoms with van der Waals surface area (Å²) in [6.45, 7) is 0. The van der Waals surface area contributed by atoms with Gasteiger partial charge in [-0.15, -0.1) is 0 Å². The molecule has 2 aromatic heterocycles. The Kier molecular flexibility index (Phi) is 2.94. The van der Waals surface area contributed by atoms with Gasteiger partial charge in [-0.25, -0.2) is 9.67 Å². The zero-order valence-corrected chi connectivity index (χ0v) is 10.4. The first-order valence-corrected chi connectivity index (χ1v) is 5.82. The van der Waals surface area contributed by atoms with Gasteiger partial charge in [0.2, 0.25) is 0 Å². The lowest BCUT2D eigenvalue weighted by Crippen LogP contribution is -1.95. The van der Waals surface area contributed by atoms with Crippen LogP contribution in [0, 0.1) is 0 Å². The first-order chi connectivity index (χ1) is 9.38. The lowest BCUT2D eigenvalue weighted by molar-refractivity contribution is 0.416. The van der Waals surface area contributed by atoms with Gasteiger partial charge in [0, 0.05) is 18.0 Å². The van der Waals surface area contributed by atoms with Gasteiger partial charge in [-0.2, -0.15) is 5.10 Å². The van der Waals surface area contributed by atoms with Crippen LogP contribution in [0.15, 0.2) is 55.4 Å². The maximum atomic E-state index is 5.36. The van der Waals surface area contributed by atoms with E-state index in [1.807, 2.05) is 30.3 Å². The lowest BCUT2D eigenvalue weighted by Gasteiger charge is -2.09. The Bertz CT molecular complexity index is 679. The largest absolute Gasteiger partial charge is 0.496 e. The van der Waals surface area contributed by atoms with Gasteiger partial charge in [-0.05, 0) is 23.8 Å². The quantitative estimate of drug-likeness (QED) is 0.718. The van der Waals surface area contributed by atoms with Crippen LogP contribution in [0.25, 0.3) is 16.8 Å². The Labute approximate surface area is 110 Å². The molecule has 0 aliphatic carbocycles. The number of pyridine rings is 1. The number of aromatic nitrogens is 4. The Morgan fingerprint density at radius 3 is 2.89 bits per heavy atom. The summed E-state index contributed by atoms with van der Waals surface area (Å²) in [6, 6.07) is 9.82. The van der Waals surface area contributed by atoms with Crippen molar-refractivity contribution in [3.8, 4) is 22.6 Å². The maximum absolute atomic E-state index is 5.36. The van der Waals surface area contributed by atoms with E-state index in [2.05, 4.69) is 15.1 Å². The molecule has 94 valence electrons. The fourth-order valence-electron chi connectivity index (χ4n) is 1.93. The van der Waals surface area contributed by atoms with E-state index in [1.54, 1.807) is 30.5 Å². The van der Waals surface area contributed by atoms with Gasteiger partial charge in [0.15, 0.2) is 0 Å². The molecule has 2 heterocycles. The average molecular weight is 252 g/mol. The number of benzene rings is 1. The van der Waals surface area contributed by atoms with E-state index in [-0.39, 0.29) is 0 Å². The molecule has 0 aliphatic rings. The van der Waals surface area contributed by atoms with Crippen molar-refractivity contribution in [1.29, 1.82) is 0 Å². The van der Waals surface area contributed by atoms with Crippen LogP contribution in [0.3, 0.4) is 0 Å². The number of methoxy groups -OCH3 is 1. The van der Waals surface area contributed by atoms with Gasteiger partial charge in [0.1, 0.15) is 18.4 Å². The molecule has 1 aromatic carbocycles. The van der Waals surface area contributed by atoms with Crippen LogP contribution in [0.5, 0.6) is 5.75 Å². The van der Waals surface area contributed by atoms with Gasteiger partial charge >= 0.3 is 0 Å². The Balaban J connectivity index is 2.09. The molecule has 0 unspecified atom stereocenters. The van der Waals surface area contributed by atoms with E-state index in [0.29, 0.717) is 0 Å². The van der Waals surface area contributed by atoms with Gasteiger partial charge in [-0.1, -0.05) is 12.1 Å². The molecule has 0 fully saturated rings. The molecule has 3 aromatic rings. The first-order valence-electron chi connectivity index (χ1n) is 5.82. The minimum atomic E-state index is 0.797. The van der Waals surface area contributed by atoms with Crippen molar-refractivity contribution in [2.75, 3.05) is 7.11 Å². The van der Waals surface area contributed by atoms with Gasteiger partial charge in [-0.3, -0.25) is 4.98 Å². The number of rotatable bonds is 3. The van der Waals surface area contributed by atoms with Crippen molar-refractivity contribution in [1.82, 2.24) is 19.7 Å². The fourth-order valence-corrected chi connectivity index (χ4v) is 1.93. The standard InChI is InChI=1S/C14H12N4O/c1-19-14-5-6-15-8-13(14)11-3-2-4-12(7-11)18-10-16-9-17-18/h2-10H,1H3. The highest BCUT2D eigenvalue weighted by molar-refractivity contribution is 5.71. The summed E-state index contributed by atoms with van der Waals surface area (Å²) in [4.78, 5) is 8.10. The van der Waals surface area contributed by atoms with E-state index < -0.39 is 0 Å². The summed E-state index contributed by atoms with van der Waals surface area (Å²) in [5.41, 5.74) is 2.92. The van der Waals surface area contributed by atoms with Crippen LogP contribution in [-0.2, 0) is 0 Å². The minimum Gasteiger partial charge on any atom is -0.496 e. The number of nitrogens with zero attached hydrogens (tertiary/aromatic N) is 4. The first kappa shape index (κ1) is 11.4. The Morgan fingerprint density at radius 1 is 1.16 bits per heavy atom. The highest BCUT2D eigenvalue weighted by Crippen LogP contribution is 2.29. The molecule has 0 saturated carbocycles. The minimum absolute atomic E-state index is 0.797. The SMILES string of the molecule is COc1ccncc1-c1cccc(-n2cncn2)c1. The van der Waals surface area contributed by atoms with Crippen LogP contribution >= 0.6 is 0 Å². The molecule has 19 heavy (non-hydrogen) atoms. The number of ether oxygens (including phenoxy) is 1. The molecule has 5 nitrogen and oxygen atoms in total. The molecule has 5 heteroatoms. The second kappa shape index (κ2) is 4.89. The summed E-state index contributed by atoms with van der Waals surface area (Å²) in [5.74, 6) is 0.797. The predicted molar refractivity (Wildman–Crippen MR) is 71.1 cm³/mol. The van der Waals surface area contributed by atoms with E-state index in [9.17, 15) is 0 Å². The Morgan fingerprint density at radius 2 is 2.11 bits per heavy atom. The lowest BCUT2D eigenvalue weighted by atomic mass is 10.1. The molecule has 0 radical (unpaired) electrons. The molecule has 0 amide bonds. The topological polar surface area (TPSA) is 52.8 Å². The summed E-state index contributed by atoms with van der Waals surface area (Å²) in [5, 5.41) is 4.12. The van der Waals surface area contributed by atoms with E-state index in [1.165, 1.54) is 6.33 Å². The van der Waals surface area contributed by atoms with Gasteiger partial charge in [0.05, 0.1) is 12.8 Å². The van der Waals surface area contributed by atoms with Crippen molar-refractivity contribution < 1.29 is 4.74 Å². The monoisotopic (exact) mass is 252 g/mol. The van der Waals surface area contributed by atoms with Gasteiger partial charge < -0.3 is 4.74 Å². The molecular weight excluding hydrogens is 240 g/mol. The van der Waals surface area contributed by atoms with Crippen molar-refractivity contribution in [2.24, 2.45) is 0 Å². The van der Waals surface area contributed by atoms with Crippen molar-refractivity contribution >= 4 is 0 Å². The average Bonchev–Trinajstić information content (AvgIpc) is 3.01. The fraction of sp³-hybridized carbons (Fsp3) is 0.0714. The van der Waals surface area contributed by atoms with Crippen LogP contribution in [0.1, 0.15) is 0 Å². The zero-order chi connectivity index (χ0) is 13.1. The highest BCUT2D eigenvalue weighted by atomic mass is 16.5. The normalized spacial score (nSPS) is 10.4. The zero-order valence-electron chi connectivity index (χ0n) is 10.4. The van der Waals surface area contributed by atoms with E-state index in [0.717, 1.165) is 22.6 Å². The Hall–Kier alpha value is -2.69. The van der Waals surface area contributed by atoms with E-state index in [4.69, 9.17) is 4.74 Å². The number of hydrogen-bond acceptors (Lipinski definition) is 4. The number of hydrogen-bond donors (Lipinski definition) is 0. The van der Waals surface area contributed by atoms with Crippen molar-refractivity contribution in [3.05, 3.63) is 55.4 Å².